The Kier molecular flexibility index (Phi) is 3.15. The number of carboxylic acid groups (broad SMARTS) is 1. The highest BCUT2D eigenvalue weighted by molar-refractivity contribution is 5.87. The van der Waals surface area contributed by atoms with Gasteiger partial charge in [-0.1, -0.05) is 12.1 Å². The van der Waals surface area contributed by atoms with Crippen LogP contribution >= 0.6 is 0 Å². The highest BCUT2D eigenvalue weighted by Gasteiger charge is 2.37. The lowest BCUT2D eigenvalue weighted by molar-refractivity contribution is 0.0695. The van der Waals surface area contributed by atoms with E-state index in [9.17, 15) is 9.18 Å². The maximum atomic E-state index is 14.7. The zero-order valence-electron chi connectivity index (χ0n) is 9.74. The third-order valence-corrected chi connectivity index (χ3v) is 3.50. The fourth-order valence-corrected chi connectivity index (χ4v) is 2.31. The first kappa shape index (κ1) is 12.0. The molecule has 4 heteroatoms. The van der Waals surface area contributed by atoms with Crippen LogP contribution in [-0.4, -0.2) is 24.2 Å². The van der Waals surface area contributed by atoms with Gasteiger partial charge in [-0.25, -0.2) is 9.18 Å². The first-order chi connectivity index (χ1) is 8.01. The summed E-state index contributed by atoms with van der Waals surface area (Å²) in [4.78, 5) is 10.9. The molecule has 2 rings (SSSR count). The van der Waals surface area contributed by atoms with Crippen LogP contribution in [0.2, 0.25) is 0 Å². The van der Waals surface area contributed by atoms with Gasteiger partial charge in [0, 0.05) is 12.5 Å². The van der Waals surface area contributed by atoms with Crippen LogP contribution in [0.5, 0.6) is 0 Å². The molecule has 3 nitrogen and oxygen atoms in total. The largest absolute Gasteiger partial charge is 0.478 e. The van der Waals surface area contributed by atoms with E-state index < -0.39 is 11.6 Å². The molecule has 1 aliphatic rings. The number of aromatic carboxylic acids is 1. The summed E-state index contributed by atoms with van der Waals surface area (Å²) in [7, 11) is 0. The Morgan fingerprint density at radius 1 is 1.59 bits per heavy atom. The van der Waals surface area contributed by atoms with Crippen LogP contribution in [0.3, 0.4) is 0 Å². The lowest BCUT2D eigenvalue weighted by Crippen LogP contribution is -2.29. The maximum Gasteiger partial charge on any atom is 0.335 e. The Morgan fingerprint density at radius 3 is 2.94 bits per heavy atom. The van der Waals surface area contributed by atoms with Crippen LogP contribution in [0.4, 0.5) is 4.39 Å². The lowest BCUT2D eigenvalue weighted by atomic mass is 9.83. The number of carbonyl (C=O) groups is 1. The summed E-state index contributed by atoms with van der Waals surface area (Å²) in [5, 5.41) is 12.0. The molecule has 1 saturated heterocycles. The fourth-order valence-electron chi connectivity index (χ4n) is 2.31. The molecule has 17 heavy (non-hydrogen) atoms. The van der Waals surface area contributed by atoms with E-state index in [2.05, 4.69) is 5.32 Å². The van der Waals surface area contributed by atoms with E-state index in [1.807, 2.05) is 0 Å². The predicted octanol–water partition coefficient (Wildman–Crippen LogP) is 2.18. The van der Waals surface area contributed by atoms with Crippen LogP contribution in [0, 0.1) is 5.92 Å². The van der Waals surface area contributed by atoms with Gasteiger partial charge in [-0.05, 0) is 37.6 Å². The first-order valence-corrected chi connectivity index (χ1v) is 5.75. The molecule has 1 fully saturated rings. The number of benzene rings is 1. The van der Waals surface area contributed by atoms with Gasteiger partial charge in [0.2, 0.25) is 0 Å². The van der Waals surface area contributed by atoms with Gasteiger partial charge in [-0.3, -0.25) is 0 Å². The SMILES string of the molecule is CC(F)(c1cccc(C(=O)O)c1)C1CCNC1. The predicted molar refractivity (Wildman–Crippen MR) is 62.8 cm³/mol. The van der Waals surface area contributed by atoms with E-state index in [0.29, 0.717) is 12.1 Å². The van der Waals surface area contributed by atoms with Gasteiger partial charge in [-0.15, -0.1) is 0 Å². The standard InChI is InChI=1S/C13H16FNO2/c1-13(14,11-5-6-15-8-11)10-4-2-3-9(7-10)12(16)17/h2-4,7,11,15H,5-6,8H2,1H3,(H,16,17). The summed E-state index contributed by atoms with van der Waals surface area (Å²) in [6.45, 7) is 3.00. The summed E-state index contributed by atoms with van der Waals surface area (Å²) >= 11 is 0. The molecule has 0 bridgehead atoms. The first-order valence-electron chi connectivity index (χ1n) is 5.75. The van der Waals surface area contributed by atoms with Crippen molar-refractivity contribution >= 4 is 5.97 Å². The minimum atomic E-state index is -1.48. The molecule has 0 radical (unpaired) electrons. The Hall–Kier alpha value is -1.42. The van der Waals surface area contributed by atoms with Crippen LogP contribution in [-0.2, 0) is 5.67 Å². The van der Waals surface area contributed by atoms with Crippen molar-refractivity contribution in [3.05, 3.63) is 35.4 Å². The molecule has 2 unspecified atom stereocenters. The highest BCUT2D eigenvalue weighted by Crippen LogP contribution is 2.37. The molecule has 1 aromatic carbocycles. The average Bonchev–Trinajstić information content (AvgIpc) is 2.83. The number of halogens is 1. The van der Waals surface area contributed by atoms with Crippen LogP contribution in [0.25, 0.3) is 0 Å². The zero-order valence-corrected chi connectivity index (χ0v) is 9.74. The molecule has 0 aliphatic carbocycles. The lowest BCUT2D eigenvalue weighted by Gasteiger charge is -2.27. The van der Waals surface area contributed by atoms with Gasteiger partial charge >= 0.3 is 5.97 Å². The van der Waals surface area contributed by atoms with E-state index in [4.69, 9.17) is 5.11 Å². The summed E-state index contributed by atoms with van der Waals surface area (Å²) < 4.78 is 14.7. The summed E-state index contributed by atoms with van der Waals surface area (Å²) in [6, 6.07) is 6.17. The van der Waals surface area contributed by atoms with Crippen molar-refractivity contribution in [2.45, 2.75) is 19.0 Å². The Morgan fingerprint density at radius 2 is 2.35 bits per heavy atom. The third-order valence-electron chi connectivity index (χ3n) is 3.50. The van der Waals surface area contributed by atoms with Crippen LogP contribution < -0.4 is 5.32 Å². The normalized spacial score (nSPS) is 23.3. The number of hydrogen-bond acceptors (Lipinski definition) is 2. The second-order valence-electron chi connectivity index (χ2n) is 4.65. The van der Waals surface area contributed by atoms with Crippen molar-refractivity contribution in [3.63, 3.8) is 0 Å². The fraction of sp³-hybridized carbons (Fsp3) is 0.462. The molecule has 92 valence electrons. The molecule has 2 atom stereocenters. The van der Waals surface area contributed by atoms with Crippen molar-refractivity contribution in [1.82, 2.24) is 5.32 Å². The number of carboxylic acids is 1. The maximum absolute atomic E-state index is 14.7. The van der Waals surface area contributed by atoms with Crippen molar-refractivity contribution in [2.24, 2.45) is 5.92 Å². The van der Waals surface area contributed by atoms with Crippen LogP contribution in [0.1, 0.15) is 29.3 Å². The van der Waals surface area contributed by atoms with Gasteiger partial charge in [0.15, 0.2) is 0 Å². The summed E-state index contributed by atoms with van der Waals surface area (Å²) in [6.07, 6.45) is 0.782. The topological polar surface area (TPSA) is 49.3 Å². The van der Waals surface area contributed by atoms with E-state index >= 15 is 0 Å². The second kappa shape index (κ2) is 4.45. The average molecular weight is 237 g/mol. The molecule has 1 aliphatic heterocycles. The van der Waals surface area contributed by atoms with Crippen molar-refractivity contribution in [1.29, 1.82) is 0 Å². The highest BCUT2D eigenvalue weighted by atomic mass is 19.1. The number of rotatable bonds is 3. The zero-order chi connectivity index (χ0) is 12.5. The van der Waals surface area contributed by atoms with E-state index in [1.165, 1.54) is 19.1 Å². The summed E-state index contributed by atoms with van der Waals surface area (Å²) in [5.41, 5.74) is -0.891. The molecule has 2 N–H and O–H groups in total. The minimum absolute atomic E-state index is 0.0912. The molecule has 0 aromatic heterocycles. The molecular weight excluding hydrogens is 221 g/mol. The minimum Gasteiger partial charge on any atom is -0.478 e. The molecule has 0 saturated carbocycles. The Bertz CT molecular complexity index is 425. The molecule has 0 spiro atoms. The Balaban J connectivity index is 2.31. The van der Waals surface area contributed by atoms with Gasteiger partial charge in [-0.2, -0.15) is 0 Å². The van der Waals surface area contributed by atoms with E-state index in [0.717, 1.165) is 13.0 Å². The quantitative estimate of drug-likeness (QED) is 0.847. The molecule has 1 heterocycles. The number of alkyl halides is 1. The van der Waals surface area contributed by atoms with Crippen molar-refractivity contribution in [2.75, 3.05) is 13.1 Å². The monoisotopic (exact) mass is 237 g/mol. The smallest absolute Gasteiger partial charge is 0.335 e. The molecule has 0 amide bonds. The Labute approximate surface area is 99.7 Å². The van der Waals surface area contributed by atoms with Crippen LogP contribution in [0.15, 0.2) is 24.3 Å². The van der Waals surface area contributed by atoms with Gasteiger partial charge in [0.05, 0.1) is 5.56 Å². The third kappa shape index (κ3) is 2.31. The molecular formula is C13H16FNO2. The van der Waals surface area contributed by atoms with E-state index in [1.54, 1.807) is 12.1 Å². The van der Waals surface area contributed by atoms with Crippen molar-refractivity contribution < 1.29 is 14.3 Å². The van der Waals surface area contributed by atoms with Gasteiger partial charge in [0.1, 0.15) is 5.67 Å². The van der Waals surface area contributed by atoms with Gasteiger partial charge in [0.25, 0.3) is 0 Å². The van der Waals surface area contributed by atoms with Gasteiger partial charge < -0.3 is 10.4 Å². The van der Waals surface area contributed by atoms with E-state index in [-0.39, 0.29) is 11.5 Å². The number of hydrogen-bond donors (Lipinski definition) is 2. The second-order valence-corrected chi connectivity index (χ2v) is 4.65. The summed E-state index contributed by atoms with van der Waals surface area (Å²) in [5.74, 6) is -1.11. The van der Waals surface area contributed by atoms with Crippen molar-refractivity contribution in [3.8, 4) is 0 Å². The number of nitrogens with one attached hydrogen (secondary N) is 1. The molecule has 1 aromatic rings.